The van der Waals surface area contributed by atoms with E-state index in [1.807, 2.05) is 13.0 Å². The molecule has 2 unspecified atom stereocenters. The van der Waals surface area contributed by atoms with Crippen LogP contribution in [0.3, 0.4) is 0 Å². The van der Waals surface area contributed by atoms with Gasteiger partial charge in [0.05, 0.1) is 17.9 Å². The zero-order valence-corrected chi connectivity index (χ0v) is 16.7. The molecule has 1 fully saturated rings. The molecule has 2 aromatic rings. The Morgan fingerprint density at radius 3 is 2.75 bits per heavy atom. The van der Waals surface area contributed by atoms with Crippen LogP contribution in [0.25, 0.3) is 0 Å². The molecule has 2 atom stereocenters. The molecule has 4 nitrogen and oxygen atoms in total. The summed E-state index contributed by atoms with van der Waals surface area (Å²) in [5.74, 6) is 0. The van der Waals surface area contributed by atoms with Crippen LogP contribution in [0.5, 0.6) is 0 Å². The average molecular weight is 378 g/mol. The summed E-state index contributed by atoms with van der Waals surface area (Å²) in [5, 5.41) is 17.7. The van der Waals surface area contributed by atoms with Crippen molar-refractivity contribution in [1.29, 1.82) is 0 Å². The molecule has 1 aliphatic carbocycles. The van der Waals surface area contributed by atoms with Crippen molar-refractivity contribution in [3.8, 4) is 0 Å². The molecule has 0 saturated heterocycles. The van der Waals surface area contributed by atoms with E-state index in [1.165, 1.54) is 36.8 Å². The van der Waals surface area contributed by atoms with Crippen LogP contribution in [-0.4, -0.2) is 35.6 Å². The molecule has 0 bridgehead atoms. The van der Waals surface area contributed by atoms with Crippen LogP contribution in [0.4, 0.5) is 5.69 Å². The van der Waals surface area contributed by atoms with Gasteiger partial charge in [-0.2, -0.15) is 0 Å². The minimum Gasteiger partial charge on any atom is -0.391 e. The van der Waals surface area contributed by atoms with Crippen LogP contribution in [0.1, 0.15) is 49.3 Å². The summed E-state index contributed by atoms with van der Waals surface area (Å²) in [6.45, 7) is 3.51. The number of fused-ring (bicyclic) bond motifs is 1. The zero-order valence-electron chi connectivity index (χ0n) is 16.7. The van der Waals surface area contributed by atoms with E-state index in [0.29, 0.717) is 6.04 Å². The monoisotopic (exact) mass is 377 g/mol. The minimum atomic E-state index is -0.537. The molecule has 28 heavy (non-hydrogen) atoms. The first-order valence-electron chi connectivity index (χ1n) is 10.6. The van der Waals surface area contributed by atoms with Gasteiger partial charge in [0.1, 0.15) is 0 Å². The van der Waals surface area contributed by atoms with E-state index < -0.39 is 6.10 Å². The van der Waals surface area contributed by atoms with E-state index in [0.717, 1.165) is 36.5 Å². The maximum absolute atomic E-state index is 10.5. The minimum absolute atomic E-state index is 0.223. The van der Waals surface area contributed by atoms with Gasteiger partial charge in [0.2, 0.25) is 0 Å². The lowest BCUT2D eigenvalue weighted by molar-refractivity contribution is 0.192. The number of rotatable bonds is 7. The molecule has 2 aliphatic rings. The highest BCUT2D eigenvalue weighted by Gasteiger charge is 2.26. The van der Waals surface area contributed by atoms with E-state index in [2.05, 4.69) is 53.1 Å². The molecule has 1 aliphatic heterocycles. The lowest BCUT2D eigenvalue weighted by Gasteiger charge is -2.28. The number of aliphatic hydroxyl groups is 1. The van der Waals surface area contributed by atoms with Crippen LogP contribution in [0, 0.1) is 0 Å². The molecule has 3 N–H and O–H groups in total. The first-order chi connectivity index (χ1) is 13.7. The van der Waals surface area contributed by atoms with Crippen LogP contribution in [0.2, 0.25) is 0 Å². The van der Waals surface area contributed by atoms with Gasteiger partial charge in [0.15, 0.2) is 0 Å². The van der Waals surface area contributed by atoms with Crippen molar-refractivity contribution < 1.29 is 5.11 Å². The zero-order chi connectivity index (χ0) is 19.3. The smallest absolute Gasteiger partial charge is 0.0945 e. The molecular weight excluding hydrogens is 346 g/mol. The predicted molar refractivity (Wildman–Crippen MR) is 116 cm³/mol. The van der Waals surface area contributed by atoms with Gasteiger partial charge in [-0.3, -0.25) is 4.99 Å². The van der Waals surface area contributed by atoms with Gasteiger partial charge in [-0.25, -0.2) is 0 Å². The Morgan fingerprint density at radius 2 is 1.93 bits per heavy atom. The summed E-state index contributed by atoms with van der Waals surface area (Å²) in [7, 11) is 0. The number of hydrogen-bond donors (Lipinski definition) is 3. The van der Waals surface area contributed by atoms with Gasteiger partial charge in [-0.05, 0) is 49.4 Å². The standard InChI is InChI=1S/C24H31N3O/c1-17(28)23(24-22-12-5-2-8-19(22)13-14-25-24)27-21-11-6-7-18(15-21)16-26-20-9-3-4-10-20/h2,5-8,11-12,15,17,20,23,26-28H,3-4,9-10,13-14,16H2,1H3. The third-order valence-electron chi connectivity index (χ3n) is 5.93. The fourth-order valence-corrected chi connectivity index (χ4v) is 4.40. The summed E-state index contributed by atoms with van der Waals surface area (Å²) in [6, 6.07) is 17.4. The SMILES string of the molecule is CC(O)C(Nc1cccc(CNC2CCCC2)c1)C1=NCCc2ccccc21. The fraction of sp³-hybridized carbons (Fsp3) is 0.458. The summed E-state index contributed by atoms with van der Waals surface area (Å²) in [6.07, 6.45) is 5.71. The quantitative estimate of drug-likeness (QED) is 0.685. The van der Waals surface area contributed by atoms with Gasteiger partial charge in [-0.1, -0.05) is 49.2 Å². The van der Waals surface area contributed by atoms with Crippen LogP contribution in [-0.2, 0) is 13.0 Å². The van der Waals surface area contributed by atoms with Crippen molar-refractivity contribution in [2.45, 2.75) is 63.8 Å². The lowest BCUT2D eigenvalue weighted by Crippen LogP contribution is -2.41. The molecule has 1 heterocycles. The van der Waals surface area contributed by atoms with Crippen molar-refractivity contribution in [3.05, 3.63) is 65.2 Å². The van der Waals surface area contributed by atoms with Crippen molar-refractivity contribution in [1.82, 2.24) is 5.32 Å². The van der Waals surface area contributed by atoms with E-state index >= 15 is 0 Å². The Balaban J connectivity index is 1.49. The lowest BCUT2D eigenvalue weighted by atomic mass is 9.91. The molecule has 0 aromatic heterocycles. The van der Waals surface area contributed by atoms with Gasteiger partial charge in [0.25, 0.3) is 0 Å². The van der Waals surface area contributed by atoms with Gasteiger partial charge < -0.3 is 15.7 Å². The molecule has 4 rings (SSSR count). The summed E-state index contributed by atoms with van der Waals surface area (Å²) in [5.41, 5.74) is 5.74. The van der Waals surface area contributed by atoms with Crippen LogP contribution < -0.4 is 10.6 Å². The van der Waals surface area contributed by atoms with Crippen molar-refractivity contribution >= 4 is 11.4 Å². The second-order valence-corrected chi connectivity index (χ2v) is 8.10. The summed E-state index contributed by atoms with van der Waals surface area (Å²) in [4.78, 5) is 4.78. The van der Waals surface area contributed by atoms with Gasteiger partial charge in [-0.15, -0.1) is 0 Å². The highest BCUT2D eigenvalue weighted by molar-refractivity contribution is 6.07. The van der Waals surface area contributed by atoms with Gasteiger partial charge in [0, 0.05) is 30.4 Å². The second-order valence-electron chi connectivity index (χ2n) is 8.10. The molecule has 0 spiro atoms. The van der Waals surface area contributed by atoms with E-state index in [-0.39, 0.29) is 6.04 Å². The first-order valence-corrected chi connectivity index (χ1v) is 10.6. The topological polar surface area (TPSA) is 56.6 Å². The van der Waals surface area contributed by atoms with Crippen molar-refractivity contribution in [2.75, 3.05) is 11.9 Å². The number of nitrogens with zero attached hydrogens (tertiary/aromatic N) is 1. The number of aliphatic imine (C=N–C) groups is 1. The normalized spacial score (nSPS) is 19.0. The highest BCUT2D eigenvalue weighted by atomic mass is 16.3. The van der Waals surface area contributed by atoms with Gasteiger partial charge >= 0.3 is 0 Å². The number of benzene rings is 2. The highest BCUT2D eigenvalue weighted by Crippen LogP contribution is 2.22. The fourth-order valence-electron chi connectivity index (χ4n) is 4.40. The largest absolute Gasteiger partial charge is 0.391 e. The van der Waals surface area contributed by atoms with E-state index in [4.69, 9.17) is 4.99 Å². The Bertz CT molecular complexity index is 824. The number of nitrogens with one attached hydrogen (secondary N) is 2. The summed E-state index contributed by atoms with van der Waals surface area (Å²) < 4.78 is 0. The number of aliphatic hydroxyl groups excluding tert-OH is 1. The Labute approximate surface area is 168 Å². The molecule has 148 valence electrons. The third-order valence-corrected chi connectivity index (χ3v) is 5.93. The Kier molecular flexibility index (Phi) is 6.08. The maximum atomic E-state index is 10.5. The maximum Gasteiger partial charge on any atom is 0.0945 e. The molecule has 0 radical (unpaired) electrons. The molecule has 2 aromatic carbocycles. The van der Waals surface area contributed by atoms with Crippen LogP contribution in [0.15, 0.2) is 53.5 Å². The first kappa shape index (κ1) is 19.2. The number of hydrogen-bond acceptors (Lipinski definition) is 4. The Morgan fingerprint density at radius 1 is 1.11 bits per heavy atom. The average Bonchev–Trinajstić information content (AvgIpc) is 3.24. The molecule has 1 saturated carbocycles. The molecule has 0 amide bonds. The van der Waals surface area contributed by atoms with Crippen LogP contribution >= 0.6 is 0 Å². The second kappa shape index (κ2) is 8.89. The predicted octanol–water partition coefficient (Wildman–Crippen LogP) is 3.93. The Hall–Kier alpha value is -2.17. The van der Waals surface area contributed by atoms with Crippen molar-refractivity contribution in [3.63, 3.8) is 0 Å². The molecular formula is C24H31N3O. The van der Waals surface area contributed by atoms with E-state index in [9.17, 15) is 5.11 Å². The summed E-state index contributed by atoms with van der Waals surface area (Å²) >= 11 is 0. The van der Waals surface area contributed by atoms with Crippen molar-refractivity contribution in [2.24, 2.45) is 4.99 Å². The molecule has 4 heteroatoms. The third kappa shape index (κ3) is 4.45. The van der Waals surface area contributed by atoms with E-state index in [1.54, 1.807) is 0 Å². The number of anilines is 1.